The number of fused-ring (bicyclic) bond motifs is 2. The van der Waals surface area contributed by atoms with Crippen LogP contribution in [0.4, 0.5) is 9.18 Å². The lowest BCUT2D eigenvalue weighted by atomic mass is 9.85. The minimum absolute atomic E-state index is 0.0282. The number of amides is 3. The summed E-state index contributed by atoms with van der Waals surface area (Å²) in [6.07, 6.45) is 1.66. The third-order valence-corrected chi connectivity index (χ3v) is 5.63. The van der Waals surface area contributed by atoms with Crippen LogP contribution in [-0.2, 0) is 11.3 Å². The van der Waals surface area contributed by atoms with E-state index in [1.54, 1.807) is 24.0 Å². The van der Waals surface area contributed by atoms with Gasteiger partial charge in [0, 0.05) is 25.6 Å². The van der Waals surface area contributed by atoms with Crippen LogP contribution in [0.5, 0.6) is 0 Å². The van der Waals surface area contributed by atoms with Crippen LogP contribution in [0.2, 0.25) is 0 Å². The molecule has 0 bridgehead atoms. The molecule has 6 nitrogen and oxygen atoms in total. The summed E-state index contributed by atoms with van der Waals surface area (Å²) in [5, 5.41) is 5.65. The van der Waals surface area contributed by atoms with E-state index in [1.165, 1.54) is 12.1 Å². The quantitative estimate of drug-likeness (QED) is 0.856. The van der Waals surface area contributed by atoms with E-state index in [0.717, 1.165) is 18.4 Å². The molecule has 0 radical (unpaired) electrons. The molecule has 1 aromatic carbocycles. The monoisotopic (exact) mass is 344 g/mol. The maximum atomic E-state index is 13.2. The highest BCUT2D eigenvalue weighted by Crippen LogP contribution is 2.48. The van der Waals surface area contributed by atoms with E-state index in [0.29, 0.717) is 24.8 Å². The van der Waals surface area contributed by atoms with Crippen LogP contribution in [0.25, 0.3) is 0 Å². The average molecular weight is 344 g/mol. The molecule has 1 aliphatic carbocycles. The molecule has 1 aromatic rings. The fourth-order valence-electron chi connectivity index (χ4n) is 4.47. The van der Waals surface area contributed by atoms with Crippen molar-refractivity contribution >= 4 is 17.8 Å². The molecule has 2 fully saturated rings. The van der Waals surface area contributed by atoms with Gasteiger partial charge in [-0.3, -0.25) is 9.79 Å². The standard InChI is InChI=1S/C18H21FN4O2/c1-11-21-16(24)18(22-11)6-5-13-9-23(10-15(13)18)17(25)20-8-12-3-2-4-14(19)7-12/h2-4,7,13,15H,5-6,8-10H2,1H3,(H,20,25)(H,21,22,24)/t13-,15+,18-/m1/s1. The summed E-state index contributed by atoms with van der Waals surface area (Å²) in [6.45, 7) is 3.26. The molecule has 0 aromatic heterocycles. The second-order valence-electron chi connectivity index (χ2n) is 7.17. The van der Waals surface area contributed by atoms with E-state index in [1.807, 2.05) is 0 Å². The molecule has 2 heterocycles. The molecule has 7 heteroatoms. The zero-order chi connectivity index (χ0) is 17.6. The number of carbonyl (C=O) groups excluding carboxylic acids is 2. The normalized spacial score (nSPS) is 30.4. The van der Waals surface area contributed by atoms with Crippen molar-refractivity contribution in [1.29, 1.82) is 0 Å². The number of urea groups is 1. The van der Waals surface area contributed by atoms with Gasteiger partial charge in [0.2, 0.25) is 0 Å². The van der Waals surface area contributed by atoms with Gasteiger partial charge >= 0.3 is 6.03 Å². The van der Waals surface area contributed by atoms with Crippen LogP contribution in [0.3, 0.4) is 0 Å². The Labute approximate surface area is 145 Å². The van der Waals surface area contributed by atoms with E-state index < -0.39 is 5.54 Å². The fraction of sp³-hybridized carbons (Fsp3) is 0.500. The molecule has 3 atom stereocenters. The van der Waals surface area contributed by atoms with Crippen molar-refractivity contribution < 1.29 is 14.0 Å². The predicted molar refractivity (Wildman–Crippen MR) is 90.4 cm³/mol. The Kier molecular flexibility index (Phi) is 3.74. The van der Waals surface area contributed by atoms with Crippen LogP contribution in [0, 0.1) is 17.7 Å². The van der Waals surface area contributed by atoms with Gasteiger partial charge in [0.25, 0.3) is 5.91 Å². The predicted octanol–water partition coefficient (Wildman–Crippen LogP) is 1.66. The van der Waals surface area contributed by atoms with E-state index in [9.17, 15) is 14.0 Å². The number of halogens is 1. The topological polar surface area (TPSA) is 73.8 Å². The highest BCUT2D eigenvalue weighted by molar-refractivity contribution is 6.07. The first kappa shape index (κ1) is 16.1. The van der Waals surface area contributed by atoms with Gasteiger partial charge in [-0.2, -0.15) is 0 Å². The Morgan fingerprint density at radius 2 is 2.32 bits per heavy atom. The number of nitrogens with one attached hydrogen (secondary N) is 2. The van der Waals surface area contributed by atoms with Crippen molar-refractivity contribution in [3.63, 3.8) is 0 Å². The first-order valence-electron chi connectivity index (χ1n) is 8.63. The Balaban J connectivity index is 1.41. The minimum atomic E-state index is -0.688. The summed E-state index contributed by atoms with van der Waals surface area (Å²) in [4.78, 5) is 31.2. The number of likely N-dealkylation sites (tertiary alicyclic amines) is 1. The van der Waals surface area contributed by atoms with Gasteiger partial charge in [0.05, 0.1) is 0 Å². The number of amidine groups is 1. The first-order valence-corrected chi connectivity index (χ1v) is 8.63. The van der Waals surface area contributed by atoms with Crippen LogP contribution in [0.15, 0.2) is 29.3 Å². The maximum absolute atomic E-state index is 13.2. The summed E-state index contributed by atoms with van der Waals surface area (Å²) in [5.74, 6) is 0.703. The van der Waals surface area contributed by atoms with Gasteiger partial charge in [-0.25, -0.2) is 9.18 Å². The highest BCUT2D eigenvalue weighted by Gasteiger charge is 2.59. The number of hydrogen-bond acceptors (Lipinski definition) is 3. The first-order chi connectivity index (χ1) is 12.0. The smallest absolute Gasteiger partial charge is 0.317 e. The molecule has 132 valence electrons. The molecule has 25 heavy (non-hydrogen) atoms. The van der Waals surface area contributed by atoms with E-state index >= 15 is 0 Å². The van der Waals surface area contributed by atoms with Crippen LogP contribution >= 0.6 is 0 Å². The molecule has 3 aliphatic rings. The van der Waals surface area contributed by atoms with Crippen molar-refractivity contribution in [2.45, 2.75) is 31.8 Å². The van der Waals surface area contributed by atoms with Crippen molar-refractivity contribution in [2.24, 2.45) is 16.8 Å². The lowest BCUT2D eigenvalue weighted by Crippen LogP contribution is -2.46. The summed E-state index contributed by atoms with van der Waals surface area (Å²) < 4.78 is 13.2. The molecule has 1 spiro atoms. The number of hydrogen-bond donors (Lipinski definition) is 2. The third-order valence-electron chi connectivity index (χ3n) is 5.63. The number of rotatable bonds is 2. The average Bonchev–Trinajstić information content (AvgIpc) is 3.21. The molecule has 1 saturated heterocycles. The molecule has 4 rings (SSSR count). The zero-order valence-electron chi connectivity index (χ0n) is 14.1. The van der Waals surface area contributed by atoms with Gasteiger partial charge in [0.15, 0.2) is 0 Å². The lowest BCUT2D eigenvalue weighted by Gasteiger charge is -2.25. The van der Waals surface area contributed by atoms with Crippen LogP contribution in [0.1, 0.15) is 25.3 Å². The van der Waals surface area contributed by atoms with Crippen molar-refractivity contribution in [2.75, 3.05) is 13.1 Å². The van der Waals surface area contributed by atoms with E-state index in [-0.39, 0.29) is 30.2 Å². The molecule has 2 N–H and O–H groups in total. The summed E-state index contributed by atoms with van der Waals surface area (Å²) in [6, 6.07) is 6.01. The molecule has 0 unspecified atom stereocenters. The number of carbonyl (C=O) groups is 2. The molecule has 3 amide bonds. The second kappa shape index (κ2) is 5.82. The van der Waals surface area contributed by atoms with Crippen molar-refractivity contribution in [3.8, 4) is 0 Å². The molecular formula is C18H21FN4O2. The van der Waals surface area contributed by atoms with Gasteiger partial charge in [-0.1, -0.05) is 12.1 Å². The van der Waals surface area contributed by atoms with Gasteiger partial charge in [0.1, 0.15) is 17.2 Å². The second-order valence-corrected chi connectivity index (χ2v) is 7.17. The van der Waals surface area contributed by atoms with E-state index in [4.69, 9.17) is 0 Å². The van der Waals surface area contributed by atoms with Crippen LogP contribution in [-0.4, -0.2) is 41.3 Å². The Bertz CT molecular complexity index is 765. The number of aliphatic imine (C=N–C) groups is 1. The van der Waals surface area contributed by atoms with Gasteiger partial charge in [-0.05, 0) is 43.4 Å². The number of nitrogens with zero attached hydrogens (tertiary/aromatic N) is 2. The molecule has 1 saturated carbocycles. The summed E-state index contributed by atoms with van der Waals surface area (Å²) in [7, 11) is 0. The van der Waals surface area contributed by atoms with Crippen LogP contribution < -0.4 is 10.6 Å². The maximum Gasteiger partial charge on any atom is 0.317 e. The Morgan fingerprint density at radius 1 is 1.48 bits per heavy atom. The van der Waals surface area contributed by atoms with Gasteiger partial charge < -0.3 is 15.5 Å². The fourth-order valence-corrected chi connectivity index (χ4v) is 4.47. The van der Waals surface area contributed by atoms with Crippen molar-refractivity contribution in [3.05, 3.63) is 35.6 Å². The molecular weight excluding hydrogens is 323 g/mol. The van der Waals surface area contributed by atoms with Crippen molar-refractivity contribution in [1.82, 2.24) is 15.5 Å². The summed E-state index contributed by atoms with van der Waals surface area (Å²) in [5.41, 5.74) is 0.0337. The molecule has 2 aliphatic heterocycles. The Hall–Kier alpha value is -2.44. The van der Waals surface area contributed by atoms with E-state index in [2.05, 4.69) is 15.6 Å². The largest absolute Gasteiger partial charge is 0.334 e. The Morgan fingerprint density at radius 3 is 3.04 bits per heavy atom. The summed E-state index contributed by atoms with van der Waals surface area (Å²) >= 11 is 0. The SMILES string of the molecule is CC1=N[C@@]2(CC[C@@H]3CN(C(=O)NCc4cccc(F)c4)C[C@@H]32)C(=O)N1. The third kappa shape index (κ3) is 2.67. The zero-order valence-corrected chi connectivity index (χ0v) is 14.1. The van der Waals surface area contributed by atoms with Gasteiger partial charge in [-0.15, -0.1) is 0 Å². The lowest BCUT2D eigenvalue weighted by molar-refractivity contribution is -0.124. The number of benzene rings is 1. The minimum Gasteiger partial charge on any atom is -0.334 e. The highest BCUT2D eigenvalue weighted by atomic mass is 19.1.